The fourth-order valence-electron chi connectivity index (χ4n) is 1.91. The molecule has 0 unspecified atom stereocenters. The molecular formula is C16H15ClF3NO4S. The smallest absolute Gasteiger partial charge is 0.417 e. The summed E-state index contributed by atoms with van der Waals surface area (Å²) in [4.78, 5) is 3.59. The predicted molar refractivity (Wildman–Crippen MR) is 90.6 cm³/mol. The van der Waals surface area contributed by atoms with E-state index in [1.165, 1.54) is 6.07 Å². The van der Waals surface area contributed by atoms with E-state index < -0.39 is 21.6 Å². The largest absolute Gasteiger partial charge is 0.493 e. The zero-order valence-electron chi connectivity index (χ0n) is 13.6. The molecule has 0 aliphatic carbocycles. The van der Waals surface area contributed by atoms with E-state index in [1.807, 2.05) is 0 Å². The third-order valence-electron chi connectivity index (χ3n) is 3.08. The fourth-order valence-corrected chi connectivity index (χ4v) is 2.75. The van der Waals surface area contributed by atoms with E-state index >= 15 is 0 Å². The molecule has 0 N–H and O–H groups in total. The summed E-state index contributed by atoms with van der Waals surface area (Å²) in [5.74, 6) is 0.515. The molecule has 142 valence electrons. The number of aromatic nitrogens is 1. The number of rotatable bonds is 7. The van der Waals surface area contributed by atoms with Crippen molar-refractivity contribution in [2.24, 2.45) is 0 Å². The van der Waals surface area contributed by atoms with E-state index in [0.29, 0.717) is 18.4 Å². The Bertz CT molecular complexity index is 872. The van der Waals surface area contributed by atoms with Crippen molar-refractivity contribution in [3.8, 4) is 17.4 Å². The van der Waals surface area contributed by atoms with Crippen LogP contribution in [0.5, 0.6) is 17.4 Å². The highest BCUT2D eigenvalue weighted by Crippen LogP contribution is 2.35. The molecule has 0 atom stereocenters. The molecule has 1 heterocycles. The van der Waals surface area contributed by atoms with Crippen LogP contribution >= 0.6 is 11.6 Å². The van der Waals surface area contributed by atoms with E-state index in [2.05, 4.69) is 4.98 Å². The van der Waals surface area contributed by atoms with Crippen molar-refractivity contribution in [1.82, 2.24) is 4.98 Å². The predicted octanol–water partition coefficient (Wildman–Crippen LogP) is 4.36. The van der Waals surface area contributed by atoms with Crippen LogP contribution in [0.2, 0.25) is 5.02 Å². The first kappa shape index (κ1) is 20.3. The summed E-state index contributed by atoms with van der Waals surface area (Å²) in [5, 5.41) is -0.278. The van der Waals surface area contributed by atoms with Gasteiger partial charge >= 0.3 is 6.18 Å². The second kappa shape index (κ2) is 8.13. The number of hydrogen-bond donors (Lipinski definition) is 0. The van der Waals surface area contributed by atoms with Crippen LogP contribution in [0.25, 0.3) is 0 Å². The van der Waals surface area contributed by atoms with Crippen LogP contribution < -0.4 is 9.47 Å². The van der Waals surface area contributed by atoms with Gasteiger partial charge in [0, 0.05) is 18.5 Å². The van der Waals surface area contributed by atoms with Crippen LogP contribution in [0.15, 0.2) is 36.5 Å². The Labute approximate surface area is 153 Å². The van der Waals surface area contributed by atoms with Crippen molar-refractivity contribution < 1.29 is 31.1 Å². The Hall–Kier alpha value is -2.00. The van der Waals surface area contributed by atoms with Crippen LogP contribution in [-0.2, 0) is 16.0 Å². The van der Waals surface area contributed by atoms with Gasteiger partial charge in [-0.2, -0.15) is 13.2 Å². The number of halogens is 4. The van der Waals surface area contributed by atoms with Gasteiger partial charge in [0.15, 0.2) is 0 Å². The summed E-state index contributed by atoms with van der Waals surface area (Å²) in [6, 6.07) is 7.03. The molecule has 5 nitrogen and oxygen atoms in total. The maximum atomic E-state index is 12.6. The maximum absolute atomic E-state index is 12.6. The molecule has 0 aliphatic heterocycles. The minimum atomic E-state index is -4.55. The number of pyridine rings is 1. The number of sulfone groups is 1. The molecule has 2 rings (SSSR count). The molecule has 0 amide bonds. The van der Waals surface area contributed by atoms with Gasteiger partial charge in [-0.05, 0) is 24.6 Å². The molecule has 0 saturated carbocycles. The molecule has 1 aromatic carbocycles. The Morgan fingerprint density at radius 2 is 1.88 bits per heavy atom. The number of alkyl halides is 3. The summed E-state index contributed by atoms with van der Waals surface area (Å²) in [6.07, 6.45) is -2.44. The first-order chi connectivity index (χ1) is 12.0. The van der Waals surface area contributed by atoms with E-state index in [0.717, 1.165) is 12.3 Å². The van der Waals surface area contributed by atoms with Gasteiger partial charge in [0.1, 0.15) is 26.4 Å². The average molecular weight is 410 g/mol. The third-order valence-corrected chi connectivity index (χ3v) is 4.38. The van der Waals surface area contributed by atoms with Crippen LogP contribution in [0.1, 0.15) is 12.0 Å². The maximum Gasteiger partial charge on any atom is 0.417 e. The van der Waals surface area contributed by atoms with Crippen molar-refractivity contribution in [3.63, 3.8) is 0 Å². The normalized spacial score (nSPS) is 12.0. The first-order valence-electron chi connectivity index (χ1n) is 7.36. The number of nitrogens with zero attached hydrogens (tertiary/aromatic N) is 1. The summed E-state index contributed by atoms with van der Waals surface area (Å²) in [7, 11) is -3.05. The van der Waals surface area contributed by atoms with E-state index in [-0.39, 0.29) is 29.0 Å². The van der Waals surface area contributed by atoms with Crippen molar-refractivity contribution >= 4 is 21.4 Å². The number of benzene rings is 1. The molecule has 0 aliphatic rings. The first-order valence-corrected chi connectivity index (χ1v) is 9.79. The van der Waals surface area contributed by atoms with Gasteiger partial charge in [-0.3, -0.25) is 0 Å². The molecule has 10 heteroatoms. The van der Waals surface area contributed by atoms with Crippen molar-refractivity contribution in [3.05, 3.63) is 47.1 Å². The Morgan fingerprint density at radius 3 is 2.50 bits per heavy atom. The number of hydrogen-bond acceptors (Lipinski definition) is 5. The second-order valence-electron chi connectivity index (χ2n) is 5.42. The van der Waals surface area contributed by atoms with Crippen LogP contribution in [-0.4, -0.2) is 32.0 Å². The highest BCUT2D eigenvalue weighted by atomic mass is 35.5. The minimum absolute atomic E-state index is 0.00821. The average Bonchev–Trinajstić information content (AvgIpc) is 2.52. The van der Waals surface area contributed by atoms with E-state index in [4.69, 9.17) is 21.1 Å². The third kappa shape index (κ3) is 6.38. The zero-order chi connectivity index (χ0) is 19.4. The van der Waals surface area contributed by atoms with Gasteiger partial charge in [0.2, 0.25) is 5.88 Å². The Balaban J connectivity index is 2.02. The van der Waals surface area contributed by atoms with Gasteiger partial charge in [-0.15, -0.1) is 0 Å². The SMILES string of the molecule is CS(=O)(=O)CCCOc1cccc(Oc2ncc(C(F)(F)F)cc2Cl)c1. The molecule has 2 aromatic rings. The summed E-state index contributed by atoms with van der Waals surface area (Å²) < 4.78 is 70.7. The lowest BCUT2D eigenvalue weighted by Gasteiger charge is -2.11. The molecule has 0 spiro atoms. The second-order valence-corrected chi connectivity index (χ2v) is 8.08. The molecule has 1 aromatic heterocycles. The fraction of sp³-hybridized carbons (Fsp3) is 0.312. The molecule has 0 radical (unpaired) electrons. The summed E-state index contributed by atoms with van der Waals surface area (Å²) in [6.45, 7) is 0.190. The van der Waals surface area contributed by atoms with E-state index in [1.54, 1.807) is 18.2 Å². The Morgan fingerprint density at radius 1 is 1.19 bits per heavy atom. The van der Waals surface area contributed by atoms with Gasteiger partial charge in [-0.25, -0.2) is 13.4 Å². The van der Waals surface area contributed by atoms with Crippen LogP contribution in [0.4, 0.5) is 13.2 Å². The monoisotopic (exact) mass is 409 g/mol. The topological polar surface area (TPSA) is 65.5 Å². The quantitative estimate of drug-likeness (QED) is 0.636. The molecular weight excluding hydrogens is 395 g/mol. The lowest BCUT2D eigenvalue weighted by molar-refractivity contribution is -0.137. The standard InChI is InChI=1S/C16H15ClF3NO4S/c1-26(22,23)7-3-6-24-12-4-2-5-13(9-12)25-15-14(17)8-11(10-21-15)16(18,19)20/h2,4-5,8-10H,3,6-7H2,1H3. The van der Waals surface area contributed by atoms with Gasteiger partial charge in [-0.1, -0.05) is 17.7 Å². The molecule has 0 fully saturated rings. The lowest BCUT2D eigenvalue weighted by atomic mass is 10.3. The van der Waals surface area contributed by atoms with Crippen molar-refractivity contribution in [1.29, 1.82) is 0 Å². The highest BCUT2D eigenvalue weighted by molar-refractivity contribution is 7.90. The molecule has 0 saturated heterocycles. The lowest BCUT2D eigenvalue weighted by Crippen LogP contribution is -2.08. The van der Waals surface area contributed by atoms with Gasteiger partial charge in [0.25, 0.3) is 0 Å². The highest BCUT2D eigenvalue weighted by Gasteiger charge is 2.31. The van der Waals surface area contributed by atoms with E-state index in [9.17, 15) is 21.6 Å². The zero-order valence-corrected chi connectivity index (χ0v) is 15.2. The number of ether oxygens (including phenoxy) is 2. The summed E-state index contributed by atoms with van der Waals surface area (Å²) >= 11 is 5.79. The van der Waals surface area contributed by atoms with Crippen molar-refractivity contribution in [2.75, 3.05) is 18.6 Å². The van der Waals surface area contributed by atoms with Crippen molar-refractivity contribution in [2.45, 2.75) is 12.6 Å². The van der Waals surface area contributed by atoms with Gasteiger partial charge in [0.05, 0.1) is 17.9 Å². The van der Waals surface area contributed by atoms with Crippen LogP contribution in [0, 0.1) is 0 Å². The van der Waals surface area contributed by atoms with Gasteiger partial charge < -0.3 is 9.47 Å². The minimum Gasteiger partial charge on any atom is -0.493 e. The molecule has 26 heavy (non-hydrogen) atoms. The summed E-state index contributed by atoms with van der Waals surface area (Å²) in [5.41, 5.74) is -0.974. The molecule has 0 bridgehead atoms. The van der Waals surface area contributed by atoms with Crippen LogP contribution in [0.3, 0.4) is 0 Å². The Kier molecular flexibility index (Phi) is 6.35.